The van der Waals surface area contributed by atoms with E-state index in [4.69, 9.17) is 0 Å². The summed E-state index contributed by atoms with van der Waals surface area (Å²) in [7, 11) is 0. The summed E-state index contributed by atoms with van der Waals surface area (Å²) >= 11 is 1.65. The predicted octanol–water partition coefficient (Wildman–Crippen LogP) is 3.03. The van der Waals surface area contributed by atoms with Gasteiger partial charge < -0.3 is 5.32 Å². The van der Waals surface area contributed by atoms with E-state index in [0.29, 0.717) is 5.92 Å². The zero-order valence-corrected chi connectivity index (χ0v) is 15.5. The zero-order chi connectivity index (χ0) is 17.4. The quantitative estimate of drug-likeness (QED) is 0.916. The van der Waals surface area contributed by atoms with Gasteiger partial charge in [0, 0.05) is 10.9 Å². The van der Waals surface area contributed by atoms with Gasteiger partial charge in [-0.05, 0) is 50.0 Å². The lowest BCUT2D eigenvalue weighted by atomic mass is 9.86. The minimum Gasteiger partial charge on any atom is -0.352 e. The first kappa shape index (κ1) is 16.8. The summed E-state index contributed by atoms with van der Waals surface area (Å²) < 4.78 is 1.48. The van der Waals surface area contributed by atoms with Crippen molar-refractivity contribution >= 4 is 27.5 Å². The lowest BCUT2D eigenvalue weighted by Crippen LogP contribution is -2.43. The summed E-state index contributed by atoms with van der Waals surface area (Å²) in [6.07, 6.45) is 10.5. The van der Waals surface area contributed by atoms with Crippen molar-refractivity contribution in [1.29, 1.82) is 0 Å². The highest BCUT2D eigenvalue weighted by Gasteiger charge is 2.24. The average Bonchev–Trinajstić information content (AvgIpc) is 2.99. The van der Waals surface area contributed by atoms with Crippen molar-refractivity contribution in [2.24, 2.45) is 5.92 Å². The Bertz CT molecular complexity index is 854. The summed E-state index contributed by atoms with van der Waals surface area (Å²) in [5.41, 5.74) is 1.12. The van der Waals surface area contributed by atoms with Crippen molar-refractivity contribution < 1.29 is 4.79 Å². The molecule has 0 spiro atoms. The van der Waals surface area contributed by atoms with Gasteiger partial charge in [0.2, 0.25) is 5.91 Å². The van der Waals surface area contributed by atoms with E-state index in [9.17, 15) is 9.59 Å². The van der Waals surface area contributed by atoms with Crippen LogP contribution < -0.4 is 10.9 Å². The molecule has 2 heterocycles. The highest BCUT2D eigenvalue weighted by atomic mass is 32.1. The van der Waals surface area contributed by atoms with Gasteiger partial charge in [-0.1, -0.05) is 19.8 Å². The summed E-state index contributed by atoms with van der Waals surface area (Å²) in [6.45, 7) is 2.26. The molecule has 134 valence electrons. The minimum atomic E-state index is -0.0777. The van der Waals surface area contributed by atoms with Gasteiger partial charge in [-0.3, -0.25) is 14.2 Å². The van der Waals surface area contributed by atoms with Crippen molar-refractivity contribution in [2.45, 2.75) is 70.9 Å². The molecule has 2 aliphatic rings. The fourth-order valence-corrected chi connectivity index (χ4v) is 5.45. The molecule has 1 saturated carbocycles. The number of hydrogen-bond donors (Lipinski definition) is 1. The summed E-state index contributed by atoms with van der Waals surface area (Å²) in [4.78, 5) is 31.9. The molecule has 6 heteroatoms. The SMILES string of the molecule is C[C@@H]1CCCC[C@H]1NC(=O)Cn1cnc2sc3c(c2c1=O)CCCC3. The second kappa shape index (κ2) is 6.90. The average molecular weight is 359 g/mol. The predicted molar refractivity (Wildman–Crippen MR) is 100 cm³/mol. The molecule has 1 fully saturated rings. The van der Waals surface area contributed by atoms with Crippen LogP contribution in [0.5, 0.6) is 0 Å². The van der Waals surface area contributed by atoms with Gasteiger partial charge in [-0.25, -0.2) is 4.98 Å². The molecule has 0 aliphatic heterocycles. The number of rotatable bonds is 3. The number of carbonyl (C=O) groups excluding carboxylic acids is 1. The Morgan fingerprint density at radius 2 is 2.08 bits per heavy atom. The molecular formula is C19H25N3O2S. The number of amides is 1. The largest absolute Gasteiger partial charge is 0.352 e. The van der Waals surface area contributed by atoms with Crippen LogP contribution >= 0.6 is 11.3 Å². The molecule has 2 aromatic heterocycles. The molecule has 5 nitrogen and oxygen atoms in total. The highest BCUT2D eigenvalue weighted by Crippen LogP contribution is 2.33. The number of aromatic nitrogens is 2. The van der Waals surface area contributed by atoms with Crippen molar-refractivity contribution in [3.63, 3.8) is 0 Å². The van der Waals surface area contributed by atoms with Gasteiger partial charge in [0.25, 0.3) is 5.56 Å². The Balaban J connectivity index is 1.56. The van der Waals surface area contributed by atoms with E-state index >= 15 is 0 Å². The van der Waals surface area contributed by atoms with Crippen molar-refractivity contribution in [3.05, 3.63) is 27.1 Å². The molecule has 25 heavy (non-hydrogen) atoms. The normalized spacial score (nSPS) is 23.4. The first-order valence-corrected chi connectivity index (χ1v) is 10.2. The lowest BCUT2D eigenvalue weighted by molar-refractivity contribution is -0.123. The number of thiophene rings is 1. The second-order valence-electron chi connectivity index (χ2n) is 7.50. The smallest absolute Gasteiger partial charge is 0.262 e. The number of nitrogens with zero attached hydrogens (tertiary/aromatic N) is 2. The van der Waals surface area contributed by atoms with E-state index < -0.39 is 0 Å². The first-order chi connectivity index (χ1) is 12.1. The third-order valence-electron chi connectivity index (χ3n) is 5.71. The van der Waals surface area contributed by atoms with Crippen LogP contribution in [0, 0.1) is 5.92 Å². The van der Waals surface area contributed by atoms with E-state index in [-0.39, 0.29) is 24.1 Å². The molecule has 0 radical (unpaired) electrons. The second-order valence-corrected chi connectivity index (χ2v) is 8.59. The van der Waals surface area contributed by atoms with Gasteiger partial charge in [0.05, 0.1) is 11.7 Å². The third-order valence-corrected chi connectivity index (χ3v) is 6.91. The Kier molecular flexibility index (Phi) is 4.63. The van der Waals surface area contributed by atoms with Crippen molar-refractivity contribution in [3.8, 4) is 0 Å². The molecule has 2 atom stereocenters. The highest BCUT2D eigenvalue weighted by molar-refractivity contribution is 7.18. The molecule has 0 unspecified atom stereocenters. The molecule has 4 rings (SSSR count). The van der Waals surface area contributed by atoms with Gasteiger partial charge >= 0.3 is 0 Å². The van der Waals surface area contributed by atoms with E-state index in [2.05, 4.69) is 17.2 Å². The third kappa shape index (κ3) is 3.24. The fourth-order valence-electron chi connectivity index (χ4n) is 4.23. The molecule has 2 aliphatic carbocycles. The minimum absolute atomic E-state index is 0.0590. The number of hydrogen-bond acceptors (Lipinski definition) is 4. The van der Waals surface area contributed by atoms with Gasteiger partial charge in [-0.2, -0.15) is 0 Å². The van der Waals surface area contributed by atoms with E-state index in [1.807, 2.05) is 0 Å². The maximum Gasteiger partial charge on any atom is 0.262 e. The molecule has 1 N–H and O–H groups in total. The Morgan fingerprint density at radius 3 is 2.92 bits per heavy atom. The van der Waals surface area contributed by atoms with Crippen LogP contribution in [0.4, 0.5) is 0 Å². The van der Waals surface area contributed by atoms with Gasteiger partial charge in [-0.15, -0.1) is 11.3 Å². The molecular weight excluding hydrogens is 334 g/mol. The Labute approximate surface area is 151 Å². The fraction of sp³-hybridized carbons (Fsp3) is 0.632. The van der Waals surface area contributed by atoms with E-state index in [0.717, 1.165) is 35.9 Å². The van der Waals surface area contributed by atoms with Crippen LogP contribution in [0.25, 0.3) is 10.2 Å². The van der Waals surface area contributed by atoms with Gasteiger partial charge in [0.15, 0.2) is 0 Å². The van der Waals surface area contributed by atoms with Crippen LogP contribution in [-0.4, -0.2) is 21.5 Å². The Hall–Kier alpha value is -1.69. The van der Waals surface area contributed by atoms with Crippen molar-refractivity contribution in [1.82, 2.24) is 14.9 Å². The van der Waals surface area contributed by atoms with Crippen LogP contribution in [0.15, 0.2) is 11.1 Å². The van der Waals surface area contributed by atoms with Crippen LogP contribution in [0.2, 0.25) is 0 Å². The van der Waals surface area contributed by atoms with Crippen LogP contribution in [-0.2, 0) is 24.2 Å². The molecule has 0 bridgehead atoms. The monoisotopic (exact) mass is 359 g/mol. The first-order valence-electron chi connectivity index (χ1n) is 9.42. The van der Waals surface area contributed by atoms with Crippen molar-refractivity contribution in [2.75, 3.05) is 0 Å². The van der Waals surface area contributed by atoms with Crippen LogP contribution in [0.3, 0.4) is 0 Å². The molecule has 0 aromatic carbocycles. The standard InChI is InChI=1S/C19H25N3O2S/c1-12-6-2-4-8-14(12)21-16(23)10-22-11-20-18-17(19(22)24)13-7-3-5-9-15(13)25-18/h11-12,14H,2-10H2,1H3,(H,21,23)/t12-,14-/m1/s1. The van der Waals surface area contributed by atoms with E-state index in [1.54, 1.807) is 11.3 Å². The topological polar surface area (TPSA) is 64.0 Å². The number of fused-ring (bicyclic) bond motifs is 3. The number of nitrogens with one attached hydrogen (secondary N) is 1. The molecule has 2 aromatic rings. The van der Waals surface area contributed by atoms with E-state index in [1.165, 1.54) is 47.0 Å². The molecule has 0 saturated heterocycles. The number of carbonyl (C=O) groups is 1. The lowest BCUT2D eigenvalue weighted by Gasteiger charge is -2.29. The maximum absolute atomic E-state index is 12.9. The summed E-state index contributed by atoms with van der Waals surface area (Å²) in [5, 5.41) is 3.88. The van der Waals surface area contributed by atoms with Crippen LogP contribution in [0.1, 0.15) is 55.9 Å². The summed E-state index contributed by atoms with van der Waals surface area (Å²) in [5.74, 6) is 0.435. The number of aryl methyl sites for hydroxylation is 2. The molecule has 1 amide bonds. The summed E-state index contributed by atoms with van der Waals surface area (Å²) in [6, 6.07) is 0.238. The van der Waals surface area contributed by atoms with Gasteiger partial charge in [0.1, 0.15) is 11.4 Å². The zero-order valence-electron chi connectivity index (χ0n) is 14.7. The Morgan fingerprint density at radius 1 is 1.28 bits per heavy atom. The maximum atomic E-state index is 12.9.